The first-order chi connectivity index (χ1) is 18.1. The molecule has 0 amide bonds. The molecule has 0 saturated carbocycles. The van der Waals surface area contributed by atoms with E-state index >= 15 is 0 Å². The molecule has 188 valence electrons. The Balaban J connectivity index is 1.85. The second kappa shape index (κ2) is 12.4. The van der Waals surface area contributed by atoms with Crippen LogP contribution in [0.3, 0.4) is 0 Å². The maximum atomic E-state index is 6.68. The lowest BCUT2D eigenvalue weighted by atomic mass is 10.1. The molecule has 0 heterocycles. The van der Waals surface area contributed by atoms with Crippen LogP contribution in [0, 0.1) is 0 Å². The van der Waals surface area contributed by atoms with Gasteiger partial charge in [0.2, 0.25) is 0 Å². The SMILES string of the molecule is COc1cc(/C=C(/O/C(=C/c2cc(OC)cc(OC)c2)c2ccccc2)c2ccccc2)cc(OC)c1. The Kier molecular flexibility index (Phi) is 8.50. The lowest BCUT2D eigenvalue weighted by Crippen LogP contribution is -1.95. The average molecular weight is 495 g/mol. The summed E-state index contributed by atoms with van der Waals surface area (Å²) in [5, 5.41) is 0. The molecular weight excluding hydrogens is 464 g/mol. The van der Waals surface area contributed by atoms with Crippen molar-refractivity contribution in [1.29, 1.82) is 0 Å². The molecule has 4 aromatic carbocycles. The summed E-state index contributed by atoms with van der Waals surface area (Å²) in [4.78, 5) is 0. The third-order valence-corrected chi connectivity index (χ3v) is 5.68. The monoisotopic (exact) mass is 494 g/mol. The van der Waals surface area contributed by atoms with Gasteiger partial charge in [0.1, 0.15) is 34.5 Å². The lowest BCUT2D eigenvalue weighted by molar-refractivity contribution is 0.394. The Morgan fingerprint density at radius 1 is 0.459 bits per heavy atom. The molecule has 0 saturated heterocycles. The van der Waals surface area contributed by atoms with E-state index in [1.54, 1.807) is 28.4 Å². The van der Waals surface area contributed by atoms with Gasteiger partial charge in [-0.1, -0.05) is 60.7 Å². The normalized spacial score (nSPS) is 11.6. The van der Waals surface area contributed by atoms with Gasteiger partial charge in [0.05, 0.1) is 28.4 Å². The Bertz CT molecular complexity index is 1220. The fraction of sp³-hybridized carbons (Fsp3) is 0.125. The van der Waals surface area contributed by atoms with E-state index < -0.39 is 0 Å². The molecule has 0 aliphatic carbocycles. The molecule has 0 atom stereocenters. The Morgan fingerprint density at radius 2 is 0.784 bits per heavy atom. The minimum absolute atomic E-state index is 0.667. The predicted molar refractivity (Wildman–Crippen MR) is 149 cm³/mol. The second-order valence-electron chi connectivity index (χ2n) is 8.14. The maximum Gasteiger partial charge on any atom is 0.135 e. The van der Waals surface area contributed by atoms with Crippen molar-refractivity contribution in [2.75, 3.05) is 28.4 Å². The molecule has 0 aliphatic rings. The van der Waals surface area contributed by atoms with Crippen molar-refractivity contribution in [3.63, 3.8) is 0 Å². The van der Waals surface area contributed by atoms with Crippen LogP contribution < -0.4 is 18.9 Å². The average Bonchev–Trinajstić information content (AvgIpc) is 2.96. The second-order valence-corrected chi connectivity index (χ2v) is 8.14. The predicted octanol–water partition coefficient (Wildman–Crippen LogP) is 7.43. The Morgan fingerprint density at radius 3 is 1.08 bits per heavy atom. The molecule has 5 heteroatoms. The fourth-order valence-electron chi connectivity index (χ4n) is 3.80. The van der Waals surface area contributed by atoms with E-state index in [-0.39, 0.29) is 0 Å². The zero-order valence-corrected chi connectivity index (χ0v) is 21.4. The molecule has 0 bridgehead atoms. The van der Waals surface area contributed by atoms with Crippen LogP contribution in [0.15, 0.2) is 97.1 Å². The van der Waals surface area contributed by atoms with E-state index in [2.05, 4.69) is 0 Å². The number of benzene rings is 4. The molecule has 37 heavy (non-hydrogen) atoms. The largest absolute Gasteiger partial charge is 0.497 e. The highest BCUT2D eigenvalue weighted by atomic mass is 16.5. The number of hydrogen-bond acceptors (Lipinski definition) is 5. The third kappa shape index (κ3) is 6.73. The summed E-state index contributed by atoms with van der Waals surface area (Å²) in [6.45, 7) is 0. The van der Waals surface area contributed by atoms with Crippen molar-refractivity contribution >= 4 is 23.7 Å². The molecule has 0 radical (unpaired) electrons. The number of rotatable bonds is 10. The first-order valence-corrected chi connectivity index (χ1v) is 11.8. The first kappa shape index (κ1) is 25.5. The van der Waals surface area contributed by atoms with Gasteiger partial charge in [-0.3, -0.25) is 0 Å². The van der Waals surface area contributed by atoms with Gasteiger partial charge in [0.15, 0.2) is 0 Å². The van der Waals surface area contributed by atoms with Gasteiger partial charge >= 0.3 is 0 Å². The molecule has 5 nitrogen and oxygen atoms in total. The van der Waals surface area contributed by atoms with Crippen LogP contribution in [0.4, 0.5) is 0 Å². The van der Waals surface area contributed by atoms with Crippen LogP contribution in [0.1, 0.15) is 22.3 Å². The van der Waals surface area contributed by atoms with E-state index in [4.69, 9.17) is 23.7 Å². The highest BCUT2D eigenvalue weighted by molar-refractivity contribution is 5.86. The highest BCUT2D eigenvalue weighted by Gasteiger charge is 2.12. The number of ether oxygens (including phenoxy) is 5. The highest BCUT2D eigenvalue weighted by Crippen LogP contribution is 2.32. The quantitative estimate of drug-likeness (QED) is 0.169. The van der Waals surface area contributed by atoms with Crippen molar-refractivity contribution in [2.45, 2.75) is 0 Å². The van der Waals surface area contributed by atoms with Gasteiger partial charge in [-0.25, -0.2) is 0 Å². The van der Waals surface area contributed by atoms with Crippen LogP contribution >= 0.6 is 0 Å². The van der Waals surface area contributed by atoms with E-state index in [1.807, 2.05) is 109 Å². The van der Waals surface area contributed by atoms with Gasteiger partial charge in [-0.05, 0) is 47.5 Å². The smallest absolute Gasteiger partial charge is 0.135 e. The molecule has 0 N–H and O–H groups in total. The van der Waals surface area contributed by atoms with Crippen molar-refractivity contribution in [3.8, 4) is 23.0 Å². The van der Waals surface area contributed by atoms with Crippen LogP contribution in [-0.4, -0.2) is 28.4 Å². The summed E-state index contributed by atoms with van der Waals surface area (Å²) in [5.41, 5.74) is 3.61. The van der Waals surface area contributed by atoms with E-state index in [0.717, 1.165) is 22.3 Å². The molecule has 0 unspecified atom stereocenters. The van der Waals surface area contributed by atoms with Crippen LogP contribution in [0.25, 0.3) is 23.7 Å². The van der Waals surface area contributed by atoms with Crippen molar-refractivity contribution in [1.82, 2.24) is 0 Å². The molecule has 4 aromatic rings. The minimum Gasteiger partial charge on any atom is -0.497 e. The van der Waals surface area contributed by atoms with Gasteiger partial charge in [0.25, 0.3) is 0 Å². The standard InChI is InChI=1S/C32H30O5/c1-33-27-15-23(16-28(21-27)34-2)19-31(25-11-7-5-8-12-25)37-32(26-13-9-6-10-14-26)20-24-17-29(35-3)22-30(18-24)36-4/h5-22H,1-4H3/b31-19+,32-20+. The third-order valence-electron chi connectivity index (χ3n) is 5.68. The topological polar surface area (TPSA) is 46.2 Å². The van der Waals surface area contributed by atoms with E-state index in [1.165, 1.54) is 0 Å². The summed E-state index contributed by atoms with van der Waals surface area (Å²) in [6, 6.07) is 31.4. The van der Waals surface area contributed by atoms with Crippen LogP contribution in [0.2, 0.25) is 0 Å². The number of hydrogen-bond donors (Lipinski definition) is 0. The van der Waals surface area contributed by atoms with Gasteiger partial charge in [-0.15, -0.1) is 0 Å². The minimum atomic E-state index is 0.667. The summed E-state index contributed by atoms with van der Waals surface area (Å²) in [6.07, 6.45) is 3.95. The molecular formula is C32H30O5. The molecule has 4 rings (SSSR count). The van der Waals surface area contributed by atoms with Crippen LogP contribution in [-0.2, 0) is 4.74 Å². The summed E-state index contributed by atoms with van der Waals surface area (Å²) in [5.74, 6) is 4.11. The number of methoxy groups -OCH3 is 4. The molecule has 0 spiro atoms. The van der Waals surface area contributed by atoms with Crippen molar-refractivity contribution < 1.29 is 23.7 Å². The van der Waals surface area contributed by atoms with Gasteiger partial charge in [0, 0.05) is 23.3 Å². The zero-order chi connectivity index (χ0) is 26.0. The lowest BCUT2D eigenvalue weighted by Gasteiger charge is -2.16. The van der Waals surface area contributed by atoms with Crippen LogP contribution in [0.5, 0.6) is 23.0 Å². The molecule has 0 fully saturated rings. The zero-order valence-electron chi connectivity index (χ0n) is 21.4. The Hall–Kier alpha value is -4.64. The summed E-state index contributed by atoms with van der Waals surface area (Å²) in [7, 11) is 6.54. The summed E-state index contributed by atoms with van der Waals surface area (Å²) < 4.78 is 28.6. The maximum absolute atomic E-state index is 6.68. The van der Waals surface area contributed by atoms with Crippen molar-refractivity contribution in [3.05, 3.63) is 119 Å². The van der Waals surface area contributed by atoms with Crippen molar-refractivity contribution in [2.24, 2.45) is 0 Å². The fourth-order valence-corrected chi connectivity index (χ4v) is 3.80. The molecule has 0 aliphatic heterocycles. The molecule has 0 aromatic heterocycles. The van der Waals surface area contributed by atoms with E-state index in [9.17, 15) is 0 Å². The first-order valence-electron chi connectivity index (χ1n) is 11.8. The van der Waals surface area contributed by atoms with Gasteiger partial charge in [-0.2, -0.15) is 0 Å². The van der Waals surface area contributed by atoms with E-state index in [0.29, 0.717) is 34.5 Å². The Labute approximate surface area is 218 Å². The summed E-state index contributed by atoms with van der Waals surface area (Å²) >= 11 is 0. The van der Waals surface area contributed by atoms with Gasteiger partial charge < -0.3 is 23.7 Å².